The Kier molecular flexibility index (Phi) is 5.62. The fourth-order valence-electron chi connectivity index (χ4n) is 3.92. The summed E-state index contributed by atoms with van der Waals surface area (Å²) in [6.45, 7) is 4.03. The van der Waals surface area contributed by atoms with Gasteiger partial charge in [-0.15, -0.1) is 0 Å². The SMILES string of the molecule is O=C(c1cnn2c(C(F)(F)F)cc(-c3ccc(N4CCOCC4)nc3)nc12)N1CCOCC1. The first-order valence-electron chi connectivity index (χ1n) is 10.5. The molecule has 0 aromatic carbocycles. The van der Waals surface area contributed by atoms with Crippen molar-refractivity contribution in [2.45, 2.75) is 6.18 Å². The van der Waals surface area contributed by atoms with Gasteiger partial charge in [-0.2, -0.15) is 18.3 Å². The molecule has 3 aromatic heterocycles. The highest BCUT2D eigenvalue weighted by molar-refractivity contribution is 6.00. The summed E-state index contributed by atoms with van der Waals surface area (Å²) in [5.74, 6) is 0.290. The average Bonchev–Trinajstić information content (AvgIpc) is 3.27. The standard InChI is InChI=1S/C21H21F3N6O3/c22-21(23,24)17-11-16(14-1-2-18(25-12-14)28-3-7-32-8-4-28)27-19-15(13-26-30(17)19)20(31)29-5-9-33-10-6-29/h1-2,11-13H,3-10H2. The molecule has 5 heterocycles. The maximum Gasteiger partial charge on any atom is 0.433 e. The van der Waals surface area contributed by atoms with Gasteiger partial charge in [0.2, 0.25) is 0 Å². The van der Waals surface area contributed by atoms with Crippen LogP contribution >= 0.6 is 0 Å². The fraction of sp³-hybridized carbons (Fsp3) is 0.429. The Morgan fingerprint density at radius 3 is 2.30 bits per heavy atom. The number of aromatic nitrogens is 4. The Labute approximate surface area is 186 Å². The van der Waals surface area contributed by atoms with Crippen LogP contribution in [0.3, 0.4) is 0 Å². The molecule has 5 rings (SSSR count). The van der Waals surface area contributed by atoms with Crippen LogP contribution in [0.2, 0.25) is 0 Å². The van der Waals surface area contributed by atoms with Crippen molar-refractivity contribution in [3.8, 4) is 11.3 Å². The van der Waals surface area contributed by atoms with Gasteiger partial charge in [-0.05, 0) is 18.2 Å². The number of rotatable bonds is 3. The van der Waals surface area contributed by atoms with Crippen molar-refractivity contribution >= 4 is 17.4 Å². The number of anilines is 1. The maximum absolute atomic E-state index is 13.9. The number of nitrogens with zero attached hydrogens (tertiary/aromatic N) is 6. The Hall–Kier alpha value is -3.25. The van der Waals surface area contributed by atoms with Crippen molar-refractivity contribution in [2.75, 3.05) is 57.5 Å². The number of ether oxygens (including phenoxy) is 2. The number of carbonyl (C=O) groups is 1. The first-order chi connectivity index (χ1) is 15.9. The molecule has 2 aliphatic heterocycles. The van der Waals surface area contributed by atoms with Crippen LogP contribution in [-0.2, 0) is 15.7 Å². The van der Waals surface area contributed by atoms with Gasteiger partial charge in [-0.3, -0.25) is 4.79 Å². The summed E-state index contributed by atoms with van der Waals surface area (Å²) < 4.78 is 52.8. The highest BCUT2D eigenvalue weighted by Crippen LogP contribution is 2.33. The van der Waals surface area contributed by atoms with Crippen LogP contribution in [-0.4, -0.2) is 83.0 Å². The van der Waals surface area contributed by atoms with Crippen LogP contribution in [0.4, 0.5) is 19.0 Å². The summed E-state index contributed by atoms with van der Waals surface area (Å²) in [5.41, 5.74) is -0.671. The summed E-state index contributed by atoms with van der Waals surface area (Å²) in [4.78, 5) is 25.3. The van der Waals surface area contributed by atoms with Crippen LogP contribution in [0, 0.1) is 0 Å². The number of pyridine rings is 1. The van der Waals surface area contributed by atoms with Gasteiger partial charge in [0, 0.05) is 37.9 Å². The molecule has 0 saturated carbocycles. The van der Waals surface area contributed by atoms with Gasteiger partial charge in [-0.1, -0.05) is 0 Å². The van der Waals surface area contributed by atoms with Gasteiger partial charge in [0.25, 0.3) is 5.91 Å². The van der Waals surface area contributed by atoms with Gasteiger partial charge < -0.3 is 19.3 Å². The molecule has 0 atom stereocenters. The molecule has 0 spiro atoms. The summed E-state index contributed by atoms with van der Waals surface area (Å²) in [6, 6.07) is 4.35. The third-order valence-corrected chi connectivity index (χ3v) is 5.67. The number of halogens is 3. The third-order valence-electron chi connectivity index (χ3n) is 5.67. The normalized spacial score (nSPS) is 17.5. The largest absolute Gasteiger partial charge is 0.433 e. The number of hydrogen-bond acceptors (Lipinski definition) is 7. The van der Waals surface area contributed by atoms with Crippen LogP contribution in [0.1, 0.15) is 16.1 Å². The Morgan fingerprint density at radius 1 is 0.970 bits per heavy atom. The Morgan fingerprint density at radius 2 is 1.67 bits per heavy atom. The van der Waals surface area contributed by atoms with E-state index < -0.39 is 17.8 Å². The number of amides is 1. The van der Waals surface area contributed by atoms with E-state index in [1.54, 1.807) is 12.1 Å². The lowest BCUT2D eigenvalue weighted by Gasteiger charge is -2.27. The molecule has 0 unspecified atom stereocenters. The zero-order valence-corrected chi connectivity index (χ0v) is 17.6. The zero-order chi connectivity index (χ0) is 23.0. The highest BCUT2D eigenvalue weighted by atomic mass is 19.4. The van der Waals surface area contributed by atoms with Crippen LogP contribution in [0.25, 0.3) is 16.9 Å². The molecular formula is C21H21F3N6O3. The molecule has 12 heteroatoms. The van der Waals surface area contributed by atoms with E-state index in [0.717, 1.165) is 12.3 Å². The lowest BCUT2D eigenvalue weighted by Crippen LogP contribution is -2.40. The van der Waals surface area contributed by atoms with Crippen molar-refractivity contribution in [3.63, 3.8) is 0 Å². The molecular weight excluding hydrogens is 441 g/mol. The lowest BCUT2D eigenvalue weighted by atomic mass is 10.1. The smallest absolute Gasteiger partial charge is 0.378 e. The summed E-state index contributed by atoms with van der Waals surface area (Å²) >= 11 is 0. The number of alkyl halides is 3. The first kappa shape index (κ1) is 21.6. The lowest BCUT2D eigenvalue weighted by molar-refractivity contribution is -0.142. The molecule has 9 nitrogen and oxygen atoms in total. The Balaban J connectivity index is 1.55. The zero-order valence-electron chi connectivity index (χ0n) is 17.6. The molecule has 2 aliphatic rings. The second-order valence-electron chi connectivity index (χ2n) is 7.73. The number of fused-ring (bicyclic) bond motifs is 1. The Bertz CT molecular complexity index is 1150. The second kappa shape index (κ2) is 8.60. The molecule has 33 heavy (non-hydrogen) atoms. The van der Waals surface area contributed by atoms with Crippen LogP contribution < -0.4 is 4.90 Å². The number of morpholine rings is 2. The minimum Gasteiger partial charge on any atom is -0.378 e. The van der Waals surface area contributed by atoms with Crippen molar-refractivity contribution in [1.29, 1.82) is 0 Å². The summed E-state index contributed by atoms with van der Waals surface area (Å²) in [5, 5.41) is 3.83. The molecule has 2 saturated heterocycles. The highest BCUT2D eigenvalue weighted by Gasteiger charge is 2.36. The minimum atomic E-state index is -4.69. The van der Waals surface area contributed by atoms with Crippen molar-refractivity contribution in [3.05, 3.63) is 41.9 Å². The van der Waals surface area contributed by atoms with E-state index in [1.807, 2.05) is 4.90 Å². The van der Waals surface area contributed by atoms with E-state index in [4.69, 9.17) is 9.47 Å². The minimum absolute atomic E-state index is 0.0159. The van der Waals surface area contributed by atoms with Gasteiger partial charge in [0.15, 0.2) is 11.3 Å². The van der Waals surface area contributed by atoms with Gasteiger partial charge >= 0.3 is 6.18 Å². The van der Waals surface area contributed by atoms with Crippen LogP contribution in [0.5, 0.6) is 0 Å². The second-order valence-corrected chi connectivity index (χ2v) is 7.73. The quantitative estimate of drug-likeness (QED) is 0.590. The predicted molar refractivity (Wildman–Crippen MR) is 111 cm³/mol. The van der Waals surface area contributed by atoms with E-state index >= 15 is 0 Å². The molecule has 1 amide bonds. The number of hydrogen-bond donors (Lipinski definition) is 0. The molecule has 0 bridgehead atoms. The van der Waals surface area contributed by atoms with Crippen molar-refractivity contribution < 1.29 is 27.4 Å². The predicted octanol–water partition coefficient (Wildman–Crippen LogP) is 2.12. The van der Waals surface area contributed by atoms with Gasteiger partial charge in [0.05, 0.1) is 38.3 Å². The van der Waals surface area contributed by atoms with Crippen LogP contribution in [0.15, 0.2) is 30.6 Å². The molecule has 3 aromatic rings. The van der Waals surface area contributed by atoms with E-state index in [1.165, 1.54) is 11.1 Å². The molecule has 0 aliphatic carbocycles. The third kappa shape index (κ3) is 4.23. The van der Waals surface area contributed by atoms with Gasteiger partial charge in [0.1, 0.15) is 11.4 Å². The van der Waals surface area contributed by atoms with E-state index in [2.05, 4.69) is 15.1 Å². The van der Waals surface area contributed by atoms with Gasteiger partial charge in [-0.25, -0.2) is 14.5 Å². The van der Waals surface area contributed by atoms with E-state index in [0.29, 0.717) is 68.5 Å². The summed E-state index contributed by atoms with van der Waals surface area (Å²) in [7, 11) is 0. The molecule has 174 valence electrons. The average molecular weight is 462 g/mol. The molecule has 0 N–H and O–H groups in total. The monoisotopic (exact) mass is 462 g/mol. The fourth-order valence-corrected chi connectivity index (χ4v) is 3.92. The maximum atomic E-state index is 13.9. The van der Waals surface area contributed by atoms with E-state index in [-0.39, 0.29) is 16.9 Å². The first-order valence-corrected chi connectivity index (χ1v) is 10.5. The van der Waals surface area contributed by atoms with Crippen molar-refractivity contribution in [2.24, 2.45) is 0 Å². The topological polar surface area (TPSA) is 85.1 Å². The molecule has 0 radical (unpaired) electrons. The molecule has 2 fully saturated rings. The van der Waals surface area contributed by atoms with Crippen molar-refractivity contribution in [1.82, 2.24) is 24.5 Å². The van der Waals surface area contributed by atoms with E-state index in [9.17, 15) is 18.0 Å². The summed E-state index contributed by atoms with van der Waals surface area (Å²) in [6.07, 6.45) is -2.06. The number of carbonyl (C=O) groups excluding carboxylic acids is 1.